The fourth-order valence-corrected chi connectivity index (χ4v) is 4.59. The predicted molar refractivity (Wildman–Crippen MR) is 124 cm³/mol. The van der Waals surface area contributed by atoms with Crippen molar-refractivity contribution < 1.29 is 4.74 Å². The minimum atomic E-state index is 0.349. The second kappa shape index (κ2) is 9.92. The van der Waals surface area contributed by atoms with Gasteiger partial charge in [0.1, 0.15) is 5.75 Å². The highest BCUT2D eigenvalue weighted by Gasteiger charge is 2.33. The summed E-state index contributed by atoms with van der Waals surface area (Å²) in [4.78, 5) is 5.12. The molecule has 30 heavy (non-hydrogen) atoms. The molecule has 3 nitrogen and oxygen atoms in total. The fraction of sp³-hybridized carbons (Fsp3) is 0.333. The number of nitrogens with zero attached hydrogens (tertiary/aromatic N) is 2. The largest absolute Gasteiger partial charge is 0.494 e. The Kier molecular flexibility index (Phi) is 6.83. The molecule has 0 N–H and O–H groups in total. The van der Waals surface area contributed by atoms with Gasteiger partial charge in [-0.2, -0.15) is 0 Å². The van der Waals surface area contributed by atoms with Crippen molar-refractivity contribution in [2.75, 3.05) is 33.3 Å². The molecule has 0 aromatic heterocycles. The summed E-state index contributed by atoms with van der Waals surface area (Å²) in [5.41, 5.74) is 4.05. The number of rotatable bonds is 7. The maximum Gasteiger partial charge on any atom is 0.123 e. The Bertz CT molecular complexity index is 873. The van der Waals surface area contributed by atoms with Crippen LogP contribution in [0.2, 0.25) is 0 Å². The van der Waals surface area contributed by atoms with E-state index in [2.05, 4.69) is 102 Å². The Hall–Kier alpha value is -2.62. The summed E-state index contributed by atoms with van der Waals surface area (Å²) in [7, 11) is 2.27. The summed E-state index contributed by atoms with van der Waals surface area (Å²) in [5, 5.41) is 0. The Morgan fingerprint density at radius 1 is 0.833 bits per heavy atom. The van der Waals surface area contributed by atoms with E-state index >= 15 is 0 Å². The number of piperazine rings is 1. The Labute approximate surface area is 180 Å². The molecule has 0 radical (unpaired) electrons. The molecule has 1 saturated heterocycles. The molecule has 0 saturated carbocycles. The summed E-state index contributed by atoms with van der Waals surface area (Å²) in [6, 6.07) is 30.8. The van der Waals surface area contributed by atoms with E-state index in [0.29, 0.717) is 18.6 Å². The highest BCUT2D eigenvalue weighted by molar-refractivity contribution is 5.36. The van der Waals surface area contributed by atoms with Gasteiger partial charge in [0.05, 0.1) is 6.61 Å². The third-order valence-electron chi connectivity index (χ3n) is 6.15. The van der Waals surface area contributed by atoms with Crippen molar-refractivity contribution in [3.63, 3.8) is 0 Å². The first-order valence-corrected chi connectivity index (χ1v) is 11.0. The van der Waals surface area contributed by atoms with Gasteiger partial charge in [-0.1, -0.05) is 78.9 Å². The normalized spacial score (nSPS) is 17.9. The number of likely N-dealkylation sites (N-methyl/N-ethyl adjacent to an activating group) is 1. The van der Waals surface area contributed by atoms with Crippen LogP contribution in [0.25, 0.3) is 0 Å². The minimum Gasteiger partial charge on any atom is -0.494 e. The summed E-state index contributed by atoms with van der Waals surface area (Å²) >= 11 is 0. The maximum absolute atomic E-state index is 5.88. The standard InChI is InChI=1S/C27H32N2O/c1-3-30-26-17-11-10-16-24(26)20-29-19-18-28(2)25(21-29)27(22-12-6-4-7-13-22)23-14-8-5-9-15-23/h4-17,25,27H,3,18-21H2,1-2H3. The van der Waals surface area contributed by atoms with Crippen LogP contribution < -0.4 is 4.74 Å². The van der Waals surface area contributed by atoms with Gasteiger partial charge in [-0.05, 0) is 31.2 Å². The van der Waals surface area contributed by atoms with Crippen molar-refractivity contribution >= 4 is 0 Å². The van der Waals surface area contributed by atoms with Crippen LogP contribution in [-0.4, -0.2) is 49.1 Å². The van der Waals surface area contributed by atoms with Crippen LogP contribution >= 0.6 is 0 Å². The molecule has 3 aromatic carbocycles. The van der Waals surface area contributed by atoms with Gasteiger partial charge in [-0.3, -0.25) is 9.80 Å². The molecule has 1 heterocycles. The number of hydrogen-bond acceptors (Lipinski definition) is 3. The molecule has 3 heteroatoms. The Balaban J connectivity index is 1.60. The van der Waals surface area contributed by atoms with E-state index < -0.39 is 0 Å². The van der Waals surface area contributed by atoms with E-state index in [-0.39, 0.29) is 0 Å². The molecule has 156 valence electrons. The summed E-state index contributed by atoms with van der Waals surface area (Å²) in [6.07, 6.45) is 0. The van der Waals surface area contributed by atoms with Gasteiger partial charge < -0.3 is 4.74 Å². The predicted octanol–water partition coefficient (Wildman–Crippen LogP) is 5.03. The van der Waals surface area contributed by atoms with Crippen LogP contribution in [0.5, 0.6) is 5.75 Å². The second-order valence-corrected chi connectivity index (χ2v) is 8.12. The van der Waals surface area contributed by atoms with Crippen LogP contribution in [0, 0.1) is 0 Å². The van der Waals surface area contributed by atoms with Crippen molar-refractivity contribution in [2.45, 2.75) is 25.4 Å². The highest BCUT2D eigenvalue weighted by atomic mass is 16.5. The number of ether oxygens (including phenoxy) is 1. The lowest BCUT2D eigenvalue weighted by Gasteiger charge is -2.43. The first kappa shape index (κ1) is 20.6. The zero-order valence-electron chi connectivity index (χ0n) is 18.1. The van der Waals surface area contributed by atoms with E-state index in [0.717, 1.165) is 31.9 Å². The SMILES string of the molecule is CCOc1ccccc1CN1CCN(C)C(C(c2ccccc2)c2ccccc2)C1. The first-order chi connectivity index (χ1) is 14.8. The highest BCUT2D eigenvalue weighted by Crippen LogP contribution is 2.33. The van der Waals surface area contributed by atoms with Gasteiger partial charge in [0.25, 0.3) is 0 Å². The Morgan fingerprint density at radius 3 is 2.07 bits per heavy atom. The zero-order valence-corrected chi connectivity index (χ0v) is 18.1. The Morgan fingerprint density at radius 2 is 1.43 bits per heavy atom. The molecule has 1 aliphatic heterocycles. The van der Waals surface area contributed by atoms with Crippen LogP contribution in [0.1, 0.15) is 29.5 Å². The topological polar surface area (TPSA) is 15.7 Å². The quantitative estimate of drug-likeness (QED) is 0.553. The van der Waals surface area contributed by atoms with Gasteiger partial charge >= 0.3 is 0 Å². The third-order valence-corrected chi connectivity index (χ3v) is 6.15. The second-order valence-electron chi connectivity index (χ2n) is 8.12. The molecule has 0 spiro atoms. The van der Waals surface area contributed by atoms with E-state index in [1.165, 1.54) is 16.7 Å². The van der Waals surface area contributed by atoms with Gasteiger partial charge in [-0.25, -0.2) is 0 Å². The van der Waals surface area contributed by atoms with E-state index in [1.54, 1.807) is 0 Å². The molecule has 3 aromatic rings. The minimum absolute atomic E-state index is 0.349. The van der Waals surface area contributed by atoms with E-state index in [4.69, 9.17) is 4.74 Å². The summed E-state index contributed by atoms with van der Waals surface area (Å²) in [5.74, 6) is 1.36. The van der Waals surface area contributed by atoms with Gasteiger partial charge in [-0.15, -0.1) is 0 Å². The summed E-state index contributed by atoms with van der Waals surface area (Å²) < 4.78 is 5.88. The van der Waals surface area contributed by atoms with Crippen molar-refractivity contribution in [1.29, 1.82) is 0 Å². The van der Waals surface area contributed by atoms with Gasteiger partial charge in [0.2, 0.25) is 0 Å². The molecule has 1 unspecified atom stereocenters. The maximum atomic E-state index is 5.88. The average Bonchev–Trinajstić information content (AvgIpc) is 2.79. The van der Waals surface area contributed by atoms with E-state index in [9.17, 15) is 0 Å². The number of benzene rings is 3. The molecule has 0 aliphatic carbocycles. The molecule has 1 atom stereocenters. The van der Waals surface area contributed by atoms with E-state index in [1.807, 2.05) is 6.92 Å². The van der Waals surface area contributed by atoms with Crippen molar-refractivity contribution in [2.24, 2.45) is 0 Å². The molecule has 1 fully saturated rings. The smallest absolute Gasteiger partial charge is 0.123 e. The lowest BCUT2D eigenvalue weighted by molar-refractivity contribution is 0.0809. The average molecular weight is 401 g/mol. The lowest BCUT2D eigenvalue weighted by Crippen LogP contribution is -2.53. The molecule has 1 aliphatic rings. The van der Waals surface area contributed by atoms with Crippen LogP contribution in [0.4, 0.5) is 0 Å². The van der Waals surface area contributed by atoms with Crippen LogP contribution in [0.15, 0.2) is 84.9 Å². The van der Waals surface area contributed by atoms with Gasteiger partial charge in [0, 0.05) is 43.7 Å². The number of para-hydroxylation sites is 1. The van der Waals surface area contributed by atoms with Crippen LogP contribution in [0.3, 0.4) is 0 Å². The van der Waals surface area contributed by atoms with Crippen molar-refractivity contribution in [3.8, 4) is 5.75 Å². The molecule has 0 amide bonds. The van der Waals surface area contributed by atoms with Crippen molar-refractivity contribution in [1.82, 2.24) is 9.80 Å². The molecular weight excluding hydrogens is 368 g/mol. The van der Waals surface area contributed by atoms with Crippen LogP contribution in [-0.2, 0) is 6.54 Å². The monoisotopic (exact) mass is 400 g/mol. The first-order valence-electron chi connectivity index (χ1n) is 11.0. The molecule has 4 rings (SSSR count). The van der Waals surface area contributed by atoms with Gasteiger partial charge in [0.15, 0.2) is 0 Å². The number of hydrogen-bond donors (Lipinski definition) is 0. The summed E-state index contributed by atoms with van der Waals surface area (Å²) in [6.45, 7) is 6.85. The molecular formula is C27H32N2O. The lowest BCUT2D eigenvalue weighted by atomic mass is 9.83. The zero-order chi connectivity index (χ0) is 20.8. The molecule has 0 bridgehead atoms. The van der Waals surface area contributed by atoms with Crippen molar-refractivity contribution in [3.05, 3.63) is 102 Å². The fourth-order valence-electron chi connectivity index (χ4n) is 4.59. The third kappa shape index (κ3) is 4.75.